The third-order valence-electron chi connectivity index (χ3n) is 4.57. The average molecular weight is 409 g/mol. The molecule has 1 aliphatic rings. The number of hydrazine groups is 1. The Labute approximate surface area is 158 Å². The topological polar surface area (TPSA) is 86.4 Å². The first-order valence-corrected chi connectivity index (χ1v) is 8.89. The quantitative estimate of drug-likeness (QED) is 0.397. The van der Waals surface area contributed by atoms with Crippen molar-refractivity contribution in [2.45, 2.75) is 6.04 Å². The number of para-hydroxylation sites is 1. The number of nitrogens with two attached hydrogens (primary N) is 1. The van der Waals surface area contributed by atoms with Gasteiger partial charge < -0.3 is 15.5 Å². The summed E-state index contributed by atoms with van der Waals surface area (Å²) in [6, 6.07) is 13.2. The van der Waals surface area contributed by atoms with Crippen LogP contribution in [0, 0.1) is 0 Å². The molecule has 0 fully saturated rings. The van der Waals surface area contributed by atoms with E-state index in [1.54, 1.807) is 6.07 Å². The number of benzene rings is 2. The molecule has 5 N–H and O–H groups in total. The van der Waals surface area contributed by atoms with Gasteiger partial charge in [0.05, 0.1) is 9.83 Å². The number of halogens is 1. The van der Waals surface area contributed by atoms with Gasteiger partial charge in [-0.3, -0.25) is 4.99 Å². The molecule has 1 aliphatic heterocycles. The molecule has 4 rings (SSSR count). The summed E-state index contributed by atoms with van der Waals surface area (Å²) < 4.78 is 0.630. The molecular formula is C20H17BrN4O. The Balaban J connectivity index is 2.09. The predicted octanol–water partition coefficient (Wildman–Crippen LogP) is 2.88. The van der Waals surface area contributed by atoms with Gasteiger partial charge in [-0.25, -0.2) is 5.84 Å². The molecule has 26 heavy (non-hydrogen) atoms. The van der Waals surface area contributed by atoms with Crippen molar-refractivity contribution < 1.29 is 5.11 Å². The van der Waals surface area contributed by atoms with E-state index in [4.69, 9.17) is 10.8 Å². The van der Waals surface area contributed by atoms with E-state index in [2.05, 4.69) is 32.9 Å². The Kier molecular flexibility index (Phi) is 4.14. The van der Waals surface area contributed by atoms with Crippen LogP contribution in [0.2, 0.25) is 0 Å². The first-order chi connectivity index (χ1) is 12.6. The number of phenols is 1. The Morgan fingerprint density at radius 3 is 2.81 bits per heavy atom. The molecule has 6 heteroatoms. The zero-order valence-electron chi connectivity index (χ0n) is 13.8. The number of rotatable bonds is 3. The van der Waals surface area contributed by atoms with Crippen LogP contribution >= 0.6 is 15.9 Å². The number of aromatic amines is 1. The van der Waals surface area contributed by atoms with E-state index in [0.717, 1.165) is 32.8 Å². The van der Waals surface area contributed by atoms with Gasteiger partial charge in [0.1, 0.15) is 17.6 Å². The summed E-state index contributed by atoms with van der Waals surface area (Å²) in [4.78, 5) is 8.20. The molecular weight excluding hydrogens is 392 g/mol. The number of fused-ring (bicyclic) bond motifs is 2. The van der Waals surface area contributed by atoms with Crippen LogP contribution in [0.1, 0.15) is 22.7 Å². The first-order valence-electron chi connectivity index (χ1n) is 8.10. The van der Waals surface area contributed by atoms with Crippen LogP contribution in [0.5, 0.6) is 5.75 Å². The zero-order chi connectivity index (χ0) is 18.3. The summed E-state index contributed by atoms with van der Waals surface area (Å²) in [5.74, 6) is 6.64. The van der Waals surface area contributed by atoms with E-state index >= 15 is 0 Å². The number of allylic oxidation sites excluding steroid dienone is 1. The lowest BCUT2D eigenvalue weighted by Crippen LogP contribution is -2.26. The van der Waals surface area contributed by atoms with Gasteiger partial charge in [-0.15, -0.1) is 0 Å². The molecule has 3 aromatic rings. The molecule has 0 bridgehead atoms. The van der Waals surface area contributed by atoms with Gasteiger partial charge in [0.25, 0.3) is 0 Å². The van der Waals surface area contributed by atoms with E-state index in [1.807, 2.05) is 48.7 Å². The van der Waals surface area contributed by atoms with Crippen molar-refractivity contribution in [1.82, 2.24) is 4.98 Å². The lowest BCUT2D eigenvalue weighted by molar-refractivity contribution is 0.471. The number of hydrogen-bond acceptors (Lipinski definition) is 4. The fourth-order valence-corrected chi connectivity index (χ4v) is 3.77. The van der Waals surface area contributed by atoms with Crippen LogP contribution in [0.25, 0.3) is 5.57 Å². The second-order valence-corrected chi connectivity index (χ2v) is 6.87. The minimum Gasteiger partial charge on any atom is -0.507 e. The van der Waals surface area contributed by atoms with Crippen molar-refractivity contribution in [3.8, 4) is 5.75 Å². The minimum absolute atomic E-state index is 0.194. The Morgan fingerprint density at radius 1 is 1.27 bits per heavy atom. The molecule has 1 aromatic heterocycles. The number of nitrogen functional groups attached to an aromatic ring is 1. The monoisotopic (exact) mass is 408 g/mol. The van der Waals surface area contributed by atoms with E-state index in [-0.39, 0.29) is 11.8 Å². The number of hydrogen-bond donors (Lipinski definition) is 4. The maximum atomic E-state index is 9.85. The molecule has 2 heterocycles. The fourth-order valence-electron chi connectivity index (χ4n) is 3.37. The number of phenolic OH excluding ortho intramolecular Hbond substituents is 1. The lowest BCUT2D eigenvalue weighted by atomic mass is 9.94. The SMILES string of the molecule is C=CC1=c2ccccc2=NC(c2ccc(O)c(Br)c2)c2c[nH]c(NN)c21. The van der Waals surface area contributed by atoms with Crippen molar-refractivity contribution in [2.24, 2.45) is 10.8 Å². The molecule has 1 atom stereocenters. The van der Waals surface area contributed by atoms with Crippen molar-refractivity contribution in [3.05, 3.63) is 93.1 Å². The van der Waals surface area contributed by atoms with Crippen LogP contribution in [0.15, 0.2) is 70.8 Å². The van der Waals surface area contributed by atoms with Gasteiger partial charge in [-0.1, -0.05) is 36.9 Å². The summed E-state index contributed by atoms with van der Waals surface area (Å²) in [5, 5.41) is 11.7. The molecule has 0 saturated heterocycles. The standard InChI is InChI=1S/C20H17BrN4O/c1-2-12-13-5-3-4-6-16(13)24-19(11-7-8-17(26)15(21)9-11)14-10-23-20(25-22)18(12)14/h2-10,19,23,25-26H,1,22H2. The van der Waals surface area contributed by atoms with Crippen LogP contribution in [0.3, 0.4) is 0 Å². The number of anilines is 1. The van der Waals surface area contributed by atoms with Crippen LogP contribution in [-0.4, -0.2) is 10.1 Å². The largest absolute Gasteiger partial charge is 0.507 e. The molecule has 5 nitrogen and oxygen atoms in total. The third kappa shape index (κ3) is 2.55. The Bertz CT molecular complexity index is 1130. The number of aromatic hydroxyl groups is 1. The summed E-state index contributed by atoms with van der Waals surface area (Å²) >= 11 is 3.40. The molecule has 0 amide bonds. The third-order valence-corrected chi connectivity index (χ3v) is 5.21. The lowest BCUT2D eigenvalue weighted by Gasteiger charge is -2.14. The van der Waals surface area contributed by atoms with E-state index in [9.17, 15) is 5.11 Å². The van der Waals surface area contributed by atoms with Gasteiger partial charge in [0.2, 0.25) is 0 Å². The molecule has 2 aromatic carbocycles. The normalized spacial score (nSPS) is 15.5. The van der Waals surface area contributed by atoms with E-state index in [0.29, 0.717) is 10.3 Å². The predicted molar refractivity (Wildman–Crippen MR) is 106 cm³/mol. The average Bonchev–Trinajstić information content (AvgIpc) is 3.01. The maximum Gasteiger partial charge on any atom is 0.129 e. The maximum absolute atomic E-state index is 9.85. The zero-order valence-corrected chi connectivity index (χ0v) is 15.4. The van der Waals surface area contributed by atoms with Gasteiger partial charge in [0, 0.05) is 22.5 Å². The fraction of sp³-hybridized carbons (Fsp3) is 0.0500. The number of aromatic nitrogens is 1. The molecule has 0 spiro atoms. The van der Waals surface area contributed by atoms with Gasteiger partial charge in [-0.2, -0.15) is 0 Å². The summed E-state index contributed by atoms with van der Waals surface area (Å²) in [5.41, 5.74) is 6.60. The van der Waals surface area contributed by atoms with E-state index < -0.39 is 0 Å². The van der Waals surface area contributed by atoms with Crippen LogP contribution < -0.4 is 21.8 Å². The summed E-state index contributed by atoms with van der Waals surface area (Å²) in [7, 11) is 0. The Hall–Kier alpha value is -2.83. The second-order valence-electron chi connectivity index (χ2n) is 6.02. The number of nitrogens with one attached hydrogen (secondary N) is 2. The highest BCUT2D eigenvalue weighted by atomic mass is 79.9. The number of H-pyrrole nitrogens is 1. The second kappa shape index (κ2) is 6.48. The summed E-state index contributed by atoms with van der Waals surface area (Å²) in [6.45, 7) is 4.00. The van der Waals surface area contributed by atoms with Crippen molar-refractivity contribution in [1.29, 1.82) is 0 Å². The highest BCUT2D eigenvalue weighted by molar-refractivity contribution is 9.10. The molecule has 130 valence electrons. The van der Waals surface area contributed by atoms with Crippen LogP contribution in [0.4, 0.5) is 5.82 Å². The van der Waals surface area contributed by atoms with Crippen molar-refractivity contribution in [2.75, 3.05) is 5.43 Å². The van der Waals surface area contributed by atoms with E-state index in [1.165, 1.54) is 0 Å². The minimum atomic E-state index is -0.251. The van der Waals surface area contributed by atoms with Gasteiger partial charge in [0.15, 0.2) is 0 Å². The van der Waals surface area contributed by atoms with Gasteiger partial charge >= 0.3 is 0 Å². The molecule has 0 aliphatic carbocycles. The highest BCUT2D eigenvalue weighted by Gasteiger charge is 2.25. The Morgan fingerprint density at radius 2 is 2.08 bits per heavy atom. The summed E-state index contributed by atoms with van der Waals surface area (Å²) in [6.07, 6.45) is 3.74. The van der Waals surface area contributed by atoms with Crippen molar-refractivity contribution >= 4 is 27.3 Å². The van der Waals surface area contributed by atoms with Gasteiger partial charge in [-0.05, 0) is 45.3 Å². The molecule has 1 unspecified atom stereocenters. The van der Waals surface area contributed by atoms with Crippen molar-refractivity contribution in [3.63, 3.8) is 0 Å². The smallest absolute Gasteiger partial charge is 0.129 e. The molecule has 0 saturated carbocycles. The first kappa shape index (κ1) is 16.6. The highest BCUT2D eigenvalue weighted by Crippen LogP contribution is 2.38. The molecule has 0 radical (unpaired) electrons. The number of nitrogens with zero attached hydrogens (tertiary/aromatic N) is 1. The van der Waals surface area contributed by atoms with Crippen LogP contribution in [-0.2, 0) is 0 Å².